The Morgan fingerprint density at radius 1 is 1.33 bits per heavy atom. The molecule has 1 heterocycles. The van der Waals surface area contributed by atoms with Crippen LogP contribution in [0.1, 0.15) is 25.3 Å². The molecule has 1 aromatic rings. The molecule has 0 aromatic heterocycles. The molecule has 5 nitrogen and oxygen atoms in total. The number of amides is 1. The fourth-order valence-corrected chi connectivity index (χ4v) is 2.72. The number of rotatable bonds is 6. The number of likely N-dealkylation sites (tertiary alicyclic amines) is 1. The van der Waals surface area contributed by atoms with Gasteiger partial charge in [0, 0.05) is 12.5 Å². The van der Waals surface area contributed by atoms with Gasteiger partial charge >= 0.3 is 0 Å². The Labute approximate surface area is 126 Å². The molecule has 1 saturated heterocycles. The Balaban J connectivity index is 1.97. The number of hydrogen-bond acceptors (Lipinski definition) is 4. The number of piperidine rings is 1. The second-order valence-electron chi connectivity index (χ2n) is 5.37. The maximum atomic E-state index is 11.2. The first-order chi connectivity index (χ1) is 10.1. The Morgan fingerprint density at radius 2 is 2.05 bits per heavy atom. The standard InChI is InChI=1S/C16H24N2O3/c1-3-21-15-10-12(4-5-14(15)20-2)11-18-8-6-13(7-9-18)16(17)19/h4-5,10,13H,3,6-9,11H2,1-2H3,(H2,17,19). The van der Waals surface area contributed by atoms with Crippen LogP contribution < -0.4 is 15.2 Å². The second kappa shape index (κ2) is 7.31. The van der Waals surface area contributed by atoms with E-state index in [0.29, 0.717) is 6.61 Å². The average Bonchev–Trinajstić information content (AvgIpc) is 2.48. The zero-order chi connectivity index (χ0) is 15.2. The highest BCUT2D eigenvalue weighted by atomic mass is 16.5. The molecule has 0 unspecified atom stereocenters. The molecule has 1 fully saturated rings. The van der Waals surface area contributed by atoms with Crippen molar-refractivity contribution < 1.29 is 14.3 Å². The Kier molecular flexibility index (Phi) is 5.44. The van der Waals surface area contributed by atoms with E-state index in [9.17, 15) is 4.79 Å². The summed E-state index contributed by atoms with van der Waals surface area (Å²) in [4.78, 5) is 13.5. The van der Waals surface area contributed by atoms with Crippen LogP contribution in [0.3, 0.4) is 0 Å². The van der Waals surface area contributed by atoms with E-state index in [1.54, 1.807) is 7.11 Å². The zero-order valence-corrected chi connectivity index (χ0v) is 12.8. The SMILES string of the molecule is CCOc1cc(CN2CCC(C(N)=O)CC2)ccc1OC. The van der Waals surface area contributed by atoms with E-state index in [2.05, 4.69) is 11.0 Å². The Morgan fingerprint density at radius 3 is 2.62 bits per heavy atom. The summed E-state index contributed by atoms with van der Waals surface area (Å²) in [6.07, 6.45) is 1.70. The molecule has 2 N–H and O–H groups in total. The molecule has 0 radical (unpaired) electrons. The van der Waals surface area contributed by atoms with Gasteiger partial charge in [-0.25, -0.2) is 0 Å². The predicted octanol–water partition coefficient (Wildman–Crippen LogP) is 1.79. The molecule has 0 atom stereocenters. The second-order valence-corrected chi connectivity index (χ2v) is 5.37. The number of nitrogens with two attached hydrogens (primary N) is 1. The van der Waals surface area contributed by atoms with E-state index in [4.69, 9.17) is 15.2 Å². The summed E-state index contributed by atoms with van der Waals surface area (Å²) in [6.45, 7) is 5.24. The molecule has 2 rings (SSSR count). The fraction of sp³-hybridized carbons (Fsp3) is 0.562. The van der Waals surface area contributed by atoms with Crippen LogP contribution in [-0.4, -0.2) is 37.6 Å². The third kappa shape index (κ3) is 4.11. The lowest BCUT2D eigenvalue weighted by Crippen LogP contribution is -2.38. The van der Waals surface area contributed by atoms with Crippen LogP contribution in [0.2, 0.25) is 0 Å². The van der Waals surface area contributed by atoms with Crippen molar-refractivity contribution in [2.75, 3.05) is 26.8 Å². The van der Waals surface area contributed by atoms with Gasteiger partial charge in [0.05, 0.1) is 13.7 Å². The summed E-state index contributed by atoms with van der Waals surface area (Å²) in [6, 6.07) is 6.03. The van der Waals surface area contributed by atoms with Crippen molar-refractivity contribution in [1.82, 2.24) is 4.90 Å². The minimum atomic E-state index is -0.169. The smallest absolute Gasteiger partial charge is 0.220 e. The van der Waals surface area contributed by atoms with Gasteiger partial charge in [-0.2, -0.15) is 0 Å². The lowest BCUT2D eigenvalue weighted by Gasteiger charge is -2.30. The molecular formula is C16H24N2O3. The molecular weight excluding hydrogens is 268 g/mol. The molecule has 1 aliphatic heterocycles. The van der Waals surface area contributed by atoms with Gasteiger partial charge in [-0.05, 0) is 50.6 Å². The van der Waals surface area contributed by atoms with E-state index in [1.807, 2.05) is 19.1 Å². The summed E-state index contributed by atoms with van der Waals surface area (Å²) in [5.74, 6) is 1.41. The maximum Gasteiger partial charge on any atom is 0.220 e. The molecule has 0 bridgehead atoms. The third-order valence-corrected chi connectivity index (χ3v) is 3.92. The third-order valence-electron chi connectivity index (χ3n) is 3.92. The van der Waals surface area contributed by atoms with Gasteiger partial charge < -0.3 is 15.2 Å². The van der Waals surface area contributed by atoms with Gasteiger partial charge in [-0.1, -0.05) is 6.07 Å². The number of methoxy groups -OCH3 is 1. The predicted molar refractivity (Wildman–Crippen MR) is 81.4 cm³/mol. The van der Waals surface area contributed by atoms with E-state index in [0.717, 1.165) is 44.0 Å². The number of primary amides is 1. The van der Waals surface area contributed by atoms with Crippen LogP contribution in [0, 0.1) is 5.92 Å². The number of hydrogen-bond donors (Lipinski definition) is 1. The lowest BCUT2D eigenvalue weighted by molar-refractivity contribution is -0.123. The number of benzene rings is 1. The van der Waals surface area contributed by atoms with Crippen molar-refractivity contribution in [1.29, 1.82) is 0 Å². The summed E-state index contributed by atoms with van der Waals surface area (Å²) < 4.78 is 10.9. The summed E-state index contributed by atoms with van der Waals surface area (Å²) in [5.41, 5.74) is 6.55. The van der Waals surface area contributed by atoms with Crippen LogP contribution in [0.4, 0.5) is 0 Å². The van der Waals surface area contributed by atoms with Crippen molar-refractivity contribution in [3.8, 4) is 11.5 Å². The monoisotopic (exact) mass is 292 g/mol. The minimum Gasteiger partial charge on any atom is -0.493 e. The molecule has 116 valence electrons. The van der Waals surface area contributed by atoms with Crippen molar-refractivity contribution in [3.63, 3.8) is 0 Å². The minimum absolute atomic E-state index is 0.0381. The topological polar surface area (TPSA) is 64.8 Å². The highest BCUT2D eigenvalue weighted by molar-refractivity contribution is 5.76. The largest absolute Gasteiger partial charge is 0.493 e. The van der Waals surface area contributed by atoms with Gasteiger partial charge in [-0.3, -0.25) is 9.69 Å². The van der Waals surface area contributed by atoms with Gasteiger partial charge in [0.1, 0.15) is 0 Å². The number of carbonyl (C=O) groups is 1. The first-order valence-corrected chi connectivity index (χ1v) is 7.45. The van der Waals surface area contributed by atoms with E-state index in [-0.39, 0.29) is 11.8 Å². The van der Waals surface area contributed by atoms with Crippen LogP contribution in [-0.2, 0) is 11.3 Å². The number of ether oxygens (including phenoxy) is 2. The molecule has 0 saturated carbocycles. The van der Waals surface area contributed by atoms with Crippen LogP contribution in [0.15, 0.2) is 18.2 Å². The van der Waals surface area contributed by atoms with Crippen LogP contribution in [0.5, 0.6) is 11.5 Å². The van der Waals surface area contributed by atoms with Gasteiger partial charge in [0.2, 0.25) is 5.91 Å². The van der Waals surface area contributed by atoms with Crippen LogP contribution >= 0.6 is 0 Å². The van der Waals surface area contributed by atoms with E-state index in [1.165, 1.54) is 5.56 Å². The molecule has 1 amide bonds. The Hall–Kier alpha value is -1.75. The number of nitrogens with zero attached hydrogens (tertiary/aromatic N) is 1. The molecule has 21 heavy (non-hydrogen) atoms. The molecule has 1 aromatic carbocycles. The lowest BCUT2D eigenvalue weighted by atomic mass is 9.96. The van der Waals surface area contributed by atoms with Crippen LogP contribution in [0.25, 0.3) is 0 Å². The first-order valence-electron chi connectivity index (χ1n) is 7.45. The van der Waals surface area contributed by atoms with Gasteiger partial charge in [0.15, 0.2) is 11.5 Å². The highest BCUT2D eigenvalue weighted by Gasteiger charge is 2.23. The summed E-state index contributed by atoms with van der Waals surface area (Å²) in [7, 11) is 1.64. The molecule has 1 aliphatic rings. The van der Waals surface area contributed by atoms with Crippen molar-refractivity contribution >= 4 is 5.91 Å². The molecule has 5 heteroatoms. The van der Waals surface area contributed by atoms with Crippen molar-refractivity contribution in [2.24, 2.45) is 11.7 Å². The number of carbonyl (C=O) groups excluding carboxylic acids is 1. The summed E-state index contributed by atoms with van der Waals surface area (Å²) >= 11 is 0. The fourth-order valence-electron chi connectivity index (χ4n) is 2.72. The van der Waals surface area contributed by atoms with Crippen molar-refractivity contribution in [2.45, 2.75) is 26.3 Å². The first kappa shape index (κ1) is 15.6. The highest BCUT2D eigenvalue weighted by Crippen LogP contribution is 2.29. The van der Waals surface area contributed by atoms with Gasteiger partial charge in [-0.15, -0.1) is 0 Å². The quantitative estimate of drug-likeness (QED) is 0.868. The molecule has 0 spiro atoms. The Bertz CT molecular complexity index is 482. The van der Waals surface area contributed by atoms with E-state index >= 15 is 0 Å². The normalized spacial score (nSPS) is 16.7. The average molecular weight is 292 g/mol. The zero-order valence-electron chi connectivity index (χ0n) is 12.8. The summed E-state index contributed by atoms with van der Waals surface area (Å²) in [5, 5.41) is 0. The molecule has 0 aliphatic carbocycles. The van der Waals surface area contributed by atoms with E-state index < -0.39 is 0 Å². The van der Waals surface area contributed by atoms with Gasteiger partial charge in [0.25, 0.3) is 0 Å². The maximum absolute atomic E-state index is 11.2. The van der Waals surface area contributed by atoms with Crippen molar-refractivity contribution in [3.05, 3.63) is 23.8 Å².